The van der Waals surface area contributed by atoms with Crippen LogP contribution in [0.3, 0.4) is 0 Å². The van der Waals surface area contributed by atoms with Gasteiger partial charge in [0, 0.05) is 18.9 Å². The molecule has 4 heteroatoms. The smallest absolute Gasteiger partial charge is 0.243 e. The summed E-state index contributed by atoms with van der Waals surface area (Å²) in [4.78, 5) is 15.3. The number of carbonyl (C=O) groups is 1. The summed E-state index contributed by atoms with van der Waals surface area (Å²) < 4.78 is 1.75. The van der Waals surface area contributed by atoms with E-state index >= 15 is 0 Å². The first-order chi connectivity index (χ1) is 6.25. The molecule has 1 unspecified atom stereocenters. The van der Waals surface area contributed by atoms with Crippen LogP contribution in [-0.2, 0) is 4.79 Å². The van der Waals surface area contributed by atoms with E-state index in [2.05, 4.69) is 16.9 Å². The summed E-state index contributed by atoms with van der Waals surface area (Å²) in [6.45, 7) is 5.84. The van der Waals surface area contributed by atoms with Gasteiger partial charge in [-0.3, -0.25) is 4.79 Å². The minimum absolute atomic E-state index is 0.0297. The second-order valence-corrected chi connectivity index (χ2v) is 2.72. The van der Waals surface area contributed by atoms with Crippen LogP contribution in [-0.4, -0.2) is 22.0 Å². The number of carbonyl (C=O) groups excluding carboxylic acids is 1. The van der Waals surface area contributed by atoms with Crippen LogP contribution in [0.1, 0.15) is 13.0 Å². The number of amides is 1. The number of rotatable bonds is 4. The molecular weight excluding hydrogens is 166 g/mol. The van der Waals surface area contributed by atoms with E-state index in [0.29, 0.717) is 6.54 Å². The predicted octanol–water partition coefficient (Wildman–Crippen LogP) is 0.746. The van der Waals surface area contributed by atoms with Crippen molar-refractivity contribution < 1.29 is 4.79 Å². The summed E-state index contributed by atoms with van der Waals surface area (Å²) in [5.41, 5.74) is 0. The van der Waals surface area contributed by atoms with Crippen LogP contribution in [0.5, 0.6) is 0 Å². The van der Waals surface area contributed by atoms with Crippen LogP contribution in [0.4, 0.5) is 0 Å². The highest BCUT2D eigenvalue weighted by atomic mass is 16.2. The van der Waals surface area contributed by atoms with Gasteiger partial charge in [-0.05, 0) is 6.92 Å². The third kappa shape index (κ3) is 2.43. The van der Waals surface area contributed by atoms with Crippen molar-refractivity contribution in [3.8, 4) is 0 Å². The number of imidazole rings is 1. The highest BCUT2D eigenvalue weighted by Gasteiger charge is 2.12. The van der Waals surface area contributed by atoms with Crippen LogP contribution in [0.25, 0.3) is 0 Å². The Hall–Kier alpha value is -1.58. The van der Waals surface area contributed by atoms with Gasteiger partial charge < -0.3 is 9.88 Å². The van der Waals surface area contributed by atoms with Gasteiger partial charge in [-0.25, -0.2) is 4.98 Å². The first kappa shape index (κ1) is 9.51. The molecule has 1 N–H and O–H groups in total. The Morgan fingerprint density at radius 2 is 2.62 bits per heavy atom. The van der Waals surface area contributed by atoms with E-state index in [1.54, 1.807) is 29.4 Å². The van der Waals surface area contributed by atoms with Crippen LogP contribution in [0, 0.1) is 0 Å². The van der Waals surface area contributed by atoms with Crippen molar-refractivity contribution in [1.29, 1.82) is 0 Å². The number of nitrogens with one attached hydrogen (secondary N) is 1. The molecule has 0 bridgehead atoms. The van der Waals surface area contributed by atoms with Crippen molar-refractivity contribution in [2.45, 2.75) is 13.0 Å². The van der Waals surface area contributed by atoms with Gasteiger partial charge in [0.2, 0.25) is 5.91 Å². The van der Waals surface area contributed by atoms with Crippen molar-refractivity contribution in [3.05, 3.63) is 31.4 Å². The Bertz CT molecular complexity index is 279. The molecule has 0 fully saturated rings. The Labute approximate surface area is 77.3 Å². The van der Waals surface area contributed by atoms with E-state index in [0.717, 1.165) is 0 Å². The van der Waals surface area contributed by atoms with Crippen LogP contribution < -0.4 is 5.32 Å². The van der Waals surface area contributed by atoms with Gasteiger partial charge in [-0.2, -0.15) is 0 Å². The lowest BCUT2D eigenvalue weighted by atomic mass is 10.3. The van der Waals surface area contributed by atoms with Gasteiger partial charge in [0.25, 0.3) is 0 Å². The third-order valence-electron chi connectivity index (χ3n) is 1.77. The molecule has 70 valence electrons. The molecule has 0 saturated carbocycles. The van der Waals surface area contributed by atoms with Crippen molar-refractivity contribution >= 4 is 5.91 Å². The molecular formula is C9H13N3O. The molecule has 4 nitrogen and oxygen atoms in total. The molecule has 1 atom stereocenters. The maximum Gasteiger partial charge on any atom is 0.243 e. The highest BCUT2D eigenvalue weighted by molar-refractivity contribution is 5.79. The van der Waals surface area contributed by atoms with Gasteiger partial charge in [0.1, 0.15) is 6.04 Å². The molecule has 0 aliphatic carbocycles. The maximum atomic E-state index is 11.4. The lowest BCUT2D eigenvalue weighted by molar-refractivity contribution is -0.123. The fraction of sp³-hybridized carbons (Fsp3) is 0.333. The minimum Gasteiger partial charge on any atom is -0.351 e. The fourth-order valence-electron chi connectivity index (χ4n) is 0.954. The summed E-state index contributed by atoms with van der Waals surface area (Å²) >= 11 is 0. The quantitative estimate of drug-likeness (QED) is 0.693. The second kappa shape index (κ2) is 4.45. The Morgan fingerprint density at radius 1 is 1.85 bits per heavy atom. The number of aromatic nitrogens is 2. The zero-order valence-corrected chi connectivity index (χ0v) is 7.60. The van der Waals surface area contributed by atoms with E-state index in [1.807, 2.05) is 6.92 Å². The van der Waals surface area contributed by atoms with Crippen molar-refractivity contribution in [1.82, 2.24) is 14.9 Å². The molecule has 0 spiro atoms. The SMILES string of the molecule is C=CCNC(=O)C(C)n1ccnc1. The molecule has 0 aliphatic heterocycles. The van der Waals surface area contributed by atoms with Gasteiger partial charge in [0.05, 0.1) is 6.33 Å². The molecule has 1 heterocycles. The summed E-state index contributed by atoms with van der Waals surface area (Å²) in [7, 11) is 0. The van der Waals surface area contributed by atoms with E-state index in [-0.39, 0.29) is 11.9 Å². The first-order valence-corrected chi connectivity index (χ1v) is 4.11. The fourth-order valence-corrected chi connectivity index (χ4v) is 0.954. The second-order valence-electron chi connectivity index (χ2n) is 2.72. The largest absolute Gasteiger partial charge is 0.351 e. The Kier molecular flexibility index (Phi) is 3.25. The zero-order valence-electron chi connectivity index (χ0n) is 7.60. The van der Waals surface area contributed by atoms with Crippen LogP contribution in [0.15, 0.2) is 31.4 Å². The van der Waals surface area contributed by atoms with Gasteiger partial charge in [0.15, 0.2) is 0 Å². The Morgan fingerprint density at radius 3 is 3.15 bits per heavy atom. The standard InChI is InChI=1S/C9H13N3O/c1-3-4-11-9(13)8(2)12-6-5-10-7-12/h3,5-8H,1,4H2,2H3,(H,11,13). The van der Waals surface area contributed by atoms with Crippen LogP contribution in [0.2, 0.25) is 0 Å². The number of hydrogen-bond donors (Lipinski definition) is 1. The summed E-state index contributed by atoms with van der Waals surface area (Å²) in [5.74, 6) is -0.0297. The Balaban J connectivity index is 2.52. The van der Waals surface area contributed by atoms with Crippen molar-refractivity contribution in [3.63, 3.8) is 0 Å². The minimum atomic E-state index is -0.220. The molecule has 1 aromatic heterocycles. The molecule has 0 radical (unpaired) electrons. The number of hydrogen-bond acceptors (Lipinski definition) is 2. The molecule has 0 saturated heterocycles. The molecule has 1 aromatic rings. The first-order valence-electron chi connectivity index (χ1n) is 4.11. The summed E-state index contributed by atoms with van der Waals surface area (Å²) in [6.07, 6.45) is 6.69. The molecule has 13 heavy (non-hydrogen) atoms. The molecule has 0 aliphatic rings. The van der Waals surface area contributed by atoms with Gasteiger partial charge >= 0.3 is 0 Å². The average molecular weight is 179 g/mol. The van der Waals surface area contributed by atoms with E-state index in [9.17, 15) is 4.79 Å². The van der Waals surface area contributed by atoms with E-state index in [1.165, 1.54) is 0 Å². The maximum absolute atomic E-state index is 11.4. The lowest BCUT2D eigenvalue weighted by Crippen LogP contribution is -2.30. The van der Waals surface area contributed by atoms with Crippen molar-refractivity contribution in [2.75, 3.05) is 6.54 Å². The van der Waals surface area contributed by atoms with Crippen LogP contribution >= 0.6 is 0 Å². The summed E-state index contributed by atoms with van der Waals surface area (Å²) in [6, 6.07) is -0.220. The van der Waals surface area contributed by atoms with Gasteiger partial charge in [-0.15, -0.1) is 6.58 Å². The normalized spacial score (nSPS) is 12.1. The van der Waals surface area contributed by atoms with Crippen molar-refractivity contribution in [2.24, 2.45) is 0 Å². The topological polar surface area (TPSA) is 46.9 Å². The molecule has 1 rings (SSSR count). The van der Waals surface area contributed by atoms with E-state index < -0.39 is 0 Å². The van der Waals surface area contributed by atoms with Gasteiger partial charge in [-0.1, -0.05) is 6.08 Å². The molecule has 0 aromatic carbocycles. The monoisotopic (exact) mass is 179 g/mol. The highest BCUT2D eigenvalue weighted by Crippen LogP contribution is 2.03. The zero-order chi connectivity index (χ0) is 9.68. The average Bonchev–Trinajstić information content (AvgIpc) is 2.65. The summed E-state index contributed by atoms with van der Waals surface area (Å²) in [5, 5.41) is 2.71. The van der Waals surface area contributed by atoms with E-state index in [4.69, 9.17) is 0 Å². The molecule has 1 amide bonds. The lowest BCUT2D eigenvalue weighted by Gasteiger charge is -2.11. The predicted molar refractivity (Wildman–Crippen MR) is 50.1 cm³/mol. The third-order valence-corrected chi connectivity index (χ3v) is 1.77. The number of nitrogens with zero attached hydrogens (tertiary/aromatic N) is 2.